The molecule has 1 fully saturated rings. The molecule has 0 spiro atoms. The van der Waals surface area contributed by atoms with Crippen molar-refractivity contribution in [1.29, 1.82) is 0 Å². The third-order valence-corrected chi connectivity index (χ3v) is 8.32. The Kier molecular flexibility index (Phi) is 7.42. The third-order valence-electron chi connectivity index (χ3n) is 5.66. The van der Waals surface area contributed by atoms with Crippen molar-refractivity contribution in [3.05, 3.63) is 67.7 Å². The van der Waals surface area contributed by atoms with Gasteiger partial charge in [0.1, 0.15) is 21.8 Å². The normalized spacial score (nSPS) is 15.4. The van der Waals surface area contributed by atoms with Gasteiger partial charge in [0, 0.05) is 17.7 Å². The largest absolute Gasteiger partial charge is 0.462 e. The van der Waals surface area contributed by atoms with E-state index >= 15 is 0 Å². The van der Waals surface area contributed by atoms with Crippen LogP contribution in [0.2, 0.25) is 15.1 Å². The van der Waals surface area contributed by atoms with Crippen LogP contribution in [0.15, 0.2) is 51.0 Å². The van der Waals surface area contributed by atoms with Crippen molar-refractivity contribution in [2.75, 3.05) is 26.8 Å². The Labute approximate surface area is 221 Å². The van der Waals surface area contributed by atoms with E-state index in [1.807, 2.05) is 0 Å². The molecule has 1 aliphatic heterocycles. The molecule has 1 aliphatic rings. The maximum absolute atomic E-state index is 13.2. The van der Waals surface area contributed by atoms with Gasteiger partial charge in [-0.25, -0.2) is 13.2 Å². The Hall–Kier alpha value is -2.54. The summed E-state index contributed by atoms with van der Waals surface area (Å²) in [7, 11) is -2.78. The van der Waals surface area contributed by atoms with Gasteiger partial charge in [0.15, 0.2) is 11.4 Å². The Morgan fingerprint density at radius 2 is 1.83 bits per heavy atom. The molecule has 0 amide bonds. The standard InChI is InChI=1S/C22H18Cl3N3O7S/c1-3-34-21(29)18-19(17-13(24)8-12(23)9-14(17)25)27-35-20(18)22(33-2)10-28(11-22)36(31,32)16-7-5-4-6-15(16)26-30/h4-9H,3,10-11H2,1-2H3. The number of carbonyl (C=O) groups is 1. The van der Waals surface area contributed by atoms with Gasteiger partial charge in [-0.1, -0.05) is 52.1 Å². The van der Waals surface area contributed by atoms with Crippen molar-refractivity contribution in [2.45, 2.75) is 17.4 Å². The maximum Gasteiger partial charge on any atom is 0.344 e. The molecule has 10 nitrogen and oxygen atoms in total. The van der Waals surface area contributed by atoms with Crippen LogP contribution >= 0.6 is 34.8 Å². The lowest BCUT2D eigenvalue weighted by atomic mass is 9.89. The first-order valence-corrected chi connectivity index (χ1v) is 13.0. The average molecular weight is 575 g/mol. The van der Waals surface area contributed by atoms with Gasteiger partial charge in [0.05, 0.1) is 29.7 Å². The molecule has 0 aliphatic carbocycles. The van der Waals surface area contributed by atoms with Gasteiger partial charge >= 0.3 is 5.97 Å². The molecule has 4 rings (SSSR count). The fraction of sp³-hybridized carbons (Fsp3) is 0.273. The Balaban J connectivity index is 1.79. The summed E-state index contributed by atoms with van der Waals surface area (Å²) in [6.07, 6.45) is 0. The SMILES string of the molecule is CCOC(=O)c1c(-c2c(Cl)cc(Cl)cc2Cl)noc1C1(OC)CN(S(=O)(=O)c2ccccc2N=O)C1. The molecule has 1 aromatic heterocycles. The van der Waals surface area contributed by atoms with Crippen LogP contribution < -0.4 is 0 Å². The van der Waals surface area contributed by atoms with Gasteiger partial charge in [-0.05, 0) is 36.4 Å². The number of hydrogen-bond acceptors (Lipinski definition) is 9. The molecule has 190 valence electrons. The first kappa shape index (κ1) is 26.5. The van der Waals surface area contributed by atoms with Crippen LogP contribution in [0.3, 0.4) is 0 Å². The number of esters is 1. The zero-order chi connectivity index (χ0) is 26.3. The molecule has 1 saturated heterocycles. The summed E-state index contributed by atoms with van der Waals surface area (Å²) in [6, 6.07) is 8.41. The highest BCUT2D eigenvalue weighted by Gasteiger charge is 2.55. The zero-order valence-electron chi connectivity index (χ0n) is 18.8. The zero-order valence-corrected chi connectivity index (χ0v) is 21.9. The Morgan fingerprint density at radius 1 is 1.19 bits per heavy atom. The van der Waals surface area contributed by atoms with Crippen molar-refractivity contribution in [2.24, 2.45) is 5.18 Å². The van der Waals surface area contributed by atoms with Crippen molar-refractivity contribution in [1.82, 2.24) is 9.46 Å². The molecule has 0 radical (unpaired) electrons. The predicted molar refractivity (Wildman–Crippen MR) is 132 cm³/mol. The van der Waals surface area contributed by atoms with Crippen LogP contribution in [-0.4, -0.2) is 50.7 Å². The van der Waals surface area contributed by atoms with Crippen molar-refractivity contribution in [3.8, 4) is 11.3 Å². The molecule has 0 N–H and O–H groups in total. The number of rotatable bonds is 8. The lowest BCUT2D eigenvalue weighted by molar-refractivity contribution is -0.114. The van der Waals surface area contributed by atoms with Crippen LogP contribution in [-0.2, 0) is 25.1 Å². The first-order chi connectivity index (χ1) is 17.1. The van der Waals surface area contributed by atoms with E-state index in [9.17, 15) is 18.1 Å². The number of aromatic nitrogens is 1. The molecule has 0 saturated carbocycles. The molecule has 3 aromatic rings. The molecular formula is C22H18Cl3N3O7S. The van der Waals surface area contributed by atoms with E-state index < -0.39 is 21.6 Å². The third kappa shape index (κ3) is 4.40. The predicted octanol–water partition coefficient (Wildman–Crippen LogP) is 5.42. The molecular weight excluding hydrogens is 557 g/mol. The van der Waals surface area contributed by atoms with Gasteiger partial charge < -0.3 is 14.0 Å². The number of ether oxygens (including phenoxy) is 2. The van der Waals surface area contributed by atoms with Crippen molar-refractivity contribution < 1.29 is 27.2 Å². The van der Waals surface area contributed by atoms with E-state index in [-0.39, 0.29) is 67.9 Å². The highest BCUT2D eigenvalue weighted by Crippen LogP contribution is 2.46. The number of hydrogen-bond donors (Lipinski definition) is 0. The van der Waals surface area contributed by atoms with E-state index in [1.54, 1.807) is 6.92 Å². The molecule has 14 heteroatoms. The quantitative estimate of drug-likeness (QED) is 0.258. The Bertz CT molecular complexity index is 1430. The van der Waals surface area contributed by atoms with E-state index in [1.165, 1.54) is 43.5 Å². The van der Waals surface area contributed by atoms with E-state index in [2.05, 4.69) is 10.3 Å². The van der Waals surface area contributed by atoms with E-state index in [0.717, 1.165) is 4.31 Å². The monoisotopic (exact) mass is 573 g/mol. The fourth-order valence-corrected chi connectivity index (χ4v) is 6.53. The van der Waals surface area contributed by atoms with E-state index in [4.69, 9.17) is 48.8 Å². The fourth-order valence-electron chi connectivity index (χ4n) is 3.88. The van der Waals surface area contributed by atoms with Crippen molar-refractivity contribution in [3.63, 3.8) is 0 Å². The number of halogens is 3. The Morgan fingerprint density at radius 3 is 2.42 bits per heavy atom. The van der Waals surface area contributed by atoms with Gasteiger partial charge in [0.25, 0.3) is 0 Å². The van der Waals surface area contributed by atoms with Crippen LogP contribution in [0.5, 0.6) is 0 Å². The summed E-state index contributed by atoms with van der Waals surface area (Å²) in [5.74, 6) is -0.854. The molecule has 0 atom stereocenters. The minimum absolute atomic E-state index is 0.0108. The number of nitroso groups, excluding NO2 is 1. The number of sulfonamides is 1. The maximum atomic E-state index is 13.2. The summed E-state index contributed by atoms with van der Waals surface area (Å²) in [5.41, 5.74) is -1.56. The minimum Gasteiger partial charge on any atom is -0.462 e. The molecule has 2 heterocycles. The molecule has 0 unspecified atom stereocenters. The van der Waals surface area contributed by atoms with Crippen LogP contribution in [0, 0.1) is 4.91 Å². The van der Waals surface area contributed by atoms with E-state index in [0.29, 0.717) is 0 Å². The first-order valence-electron chi connectivity index (χ1n) is 10.4. The lowest BCUT2D eigenvalue weighted by Gasteiger charge is -2.46. The molecule has 36 heavy (non-hydrogen) atoms. The van der Waals surface area contributed by atoms with Gasteiger partial charge in [-0.2, -0.15) is 4.31 Å². The number of methoxy groups -OCH3 is 1. The summed E-state index contributed by atoms with van der Waals surface area (Å²) in [6.45, 7) is 1.17. The second-order valence-corrected chi connectivity index (χ2v) is 10.9. The van der Waals surface area contributed by atoms with Crippen molar-refractivity contribution >= 4 is 56.5 Å². The summed E-state index contributed by atoms with van der Waals surface area (Å²) < 4.78 is 43.9. The summed E-state index contributed by atoms with van der Waals surface area (Å²) >= 11 is 18.7. The highest BCUT2D eigenvalue weighted by atomic mass is 35.5. The summed E-state index contributed by atoms with van der Waals surface area (Å²) in [5, 5.41) is 7.31. The highest BCUT2D eigenvalue weighted by molar-refractivity contribution is 7.89. The minimum atomic E-state index is -4.12. The smallest absolute Gasteiger partial charge is 0.344 e. The number of nitrogens with zero attached hydrogens (tertiary/aromatic N) is 3. The van der Waals surface area contributed by atoms with Crippen LogP contribution in [0.25, 0.3) is 11.3 Å². The van der Waals surface area contributed by atoms with Gasteiger partial charge in [0.2, 0.25) is 10.0 Å². The molecule has 2 aromatic carbocycles. The summed E-state index contributed by atoms with van der Waals surface area (Å²) in [4.78, 5) is 23.9. The number of benzene rings is 2. The topological polar surface area (TPSA) is 128 Å². The van der Waals surface area contributed by atoms with Crippen LogP contribution in [0.4, 0.5) is 5.69 Å². The number of carbonyl (C=O) groups excluding carboxylic acids is 1. The second kappa shape index (κ2) is 10.1. The lowest BCUT2D eigenvalue weighted by Crippen LogP contribution is -2.62. The molecule has 0 bridgehead atoms. The van der Waals surface area contributed by atoms with Gasteiger partial charge in [-0.3, -0.25) is 0 Å². The average Bonchev–Trinajstić information content (AvgIpc) is 3.23. The van der Waals surface area contributed by atoms with Gasteiger partial charge in [-0.15, -0.1) is 4.91 Å². The second-order valence-electron chi connectivity index (χ2n) is 7.73. The van der Waals surface area contributed by atoms with Crippen LogP contribution in [0.1, 0.15) is 23.0 Å².